The van der Waals surface area contributed by atoms with E-state index in [1.165, 1.54) is 6.92 Å². The maximum Gasteiger partial charge on any atom is 0.325 e. The Morgan fingerprint density at radius 3 is 2.40 bits per heavy atom. The maximum atomic E-state index is 14.1. The molecule has 0 radical (unpaired) electrons. The van der Waals surface area contributed by atoms with Crippen molar-refractivity contribution < 1.29 is 18.4 Å². The number of halogens is 4. The number of urea groups is 1. The first kappa shape index (κ1) is 17.6. The molecule has 3 amide bonds. The summed E-state index contributed by atoms with van der Waals surface area (Å²) < 4.78 is 27.6. The highest BCUT2D eigenvalue weighted by atomic mass is 35.5. The lowest BCUT2D eigenvalue weighted by Gasteiger charge is -2.23. The third kappa shape index (κ3) is 2.96. The Morgan fingerprint density at radius 2 is 1.76 bits per heavy atom. The largest absolute Gasteiger partial charge is 0.325 e. The van der Waals surface area contributed by atoms with Gasteiger partial charge in [0.2, 0.25) is 0 Å². The van der Waals surface area contributed by atoms with Gasteiger partial charge in [0.25, 0.3) is 5.91 Å². The third-order valence-corrected chi connectivity index (χ3v) is 4.83. The Bertz CT molecular complexity index is 871. The van der Waals surface area contributed by atoms with Gasteiger partial charge < -0.3 is 5.32 Å². The number of nitrogens with one attached hydrogen (secondary N) is 1. The Hall–Kier alpha value is -2.18. The van der Waals surface area contributed by atoms with Crippen molar-refractivity contribution in [3.05, 3.63) is 69.2 Å². The molecular formula is C17H12Cl2F2N2O2. The zero-order valence-corrected chi connectivity index (χ0v) is 14.5. The van der Waals surface area contributed by atoms with E-state index < -0.39 is 29.1 Å². The van der Waals surface area contributed by atoms with E-state index >= 15 is 0 Å². The second-order valence-electron chi connectivity index (χ2n) is 5.77. The summed E-state index contributed by atoms with van der Waals surface area (Å²) in [6.07, 6.45) is 0. The van der Waals surface area contributed by atoms with Gasteiger partial charge in [-0.15, -0.1) is 0 Å². The van der Waals surface area contributed by atoms with Crippen LogP contribution >= 0.6 is 23.2 Å². The number of benzene rings is 2. The molecule has 1 atom stereocenters. The molecule has 0 unspecified atom stereocenters. The first-order valence-electron chi connectivity index (χ1n) is 7.26. The number of hydrogen-bond acceptors (Lipinski definition) is 2. The van der Waals surface area contributed by atoms with E-state index in [-0.39, 0.29) is 12.1 Å². The fraction of sp³-hybridized carbons (Fsp3) is 0.176. The summed E-state index contributed by atoms with van der Waals surface area (Å²) in [7, 11) is 0. The fourth-order valence-corrected chi connectivity index (χ4v) is 3.26. The number of hydrogen-bond donors (Lipinski definition) is 1. The molecule has 0 aromatic heterocycles. The van der Waals surface area contributed by atoms with Crippen molar-refractivity contribution in [1.29, 1.82) is 0 Å². The highest BCUT2D eigenvalue weighted by Crippen LogP contribution is 2.34. The summed E-state index contributed by atoms with van der Waals surface area (Å²) >= 11 is 12.1. The first-order chi connectivity index (χ1) is 11.7. The molecule has 1 saturated heterocycles. The average Bonchev–Trinajstić information content (AvgIpc) is 2.77. The number of rotatable bonds is 3. The summed E-state index contributed by atoms with van der Waals surface area (Å²) in [5.74, 6) is -2.24. The van der Waals surface area contributed by atoms with Gasteiger partial charge in [-0.25, -0.2) is 13.6 Å². The zero-order valence-electron chi connectivity index (χ0n) is 12.9. The van der Waals surface area contributed by atoms with E-state index in [0.717, 1.165) is 23.1 Å². The van der Waals surface area contributed by atoms with Gasteiger partial charge >= 0.3 is 6.03 Å². The summed E-state index contributed by atoms with van der Waals surface area (Å²) in [5, 5.41) is 3.00. The number of amides is 3. The van der Waals surface area contributed by atoms with Gasteiger partial charge in [0.1, 0.15) is 17.2 Å². The second kappa shape index (κ2) is 6.28. The molecule has 0 aliphatic carbocycles. The number of nitrogens with zero attached hydrogens (tertiary/aromatic N) is 1. The van der Waals surface area contributed by atoms with Crippen LogP contribution in [0.15, 0.2) is 36.4 Å². The smallest absolute Gasteiger partial charge is 0.319 e. The minimum absolute atomic E-state index is 0.185. The van der Waals surface area contributed by atoms with Crippen LogP contribution in [0.4, 0.5) is 13.6 Å². The molecule has 25 heavy (non-hydrogen) atoms. The van der Waals surface area contributed by atoms with Crippen LogP contribution in [-0.2, 0) is 16.9 Å². The van der Waals surface area contributed by atoms with Crippen LogP contribution in [0.1, 0.15) is 18.1 Å². The zero-order chi connectivity index (χ0) is 18.4. The molecule has 1 fully saturated rings. The molecule has 2 aromatic rings. The van der Waals surface area contributed by atoms with Crippen molar-refractivity contribution in [2.75, 3.05) is 0 Å². The molecule has 3 rings (SSSR count). The van der Waals surface area contributed by atoms with Crippen molar-refractivity contribution in [2.45, 2.75) is 19.0 Å². The monoisotopic (exact) mass is 384 g/mol. The van der Waals surface area contributed by atoms with E-state index in [2.05, 4.69) is 5.32 Å². The number of carbonyl (C=O) groups is 2. The molecule has 0 spiro atoms. The summed E-state index contributed by atoms with van der Waals surface area (Å²) in [5.41, 5.74) is -1.59. The molecule has 1 aliphatic heterocycles. The Morgan fingerprint density at radius 1 is 1.12 bits per heavy atom. The van der Waals surface area contributed by atoms with Gasteiger partial charge in [-0.3, -0.25) is 9.69 Å². The van der Waals surface area contributed by atoms with Crippen molar-refractivity contribution >= 4 is 35.1 Å². The van der Waals surface area contributed by atoms with Gasteiger partial charge in [-0.05, 0) is 37.3 Å². The minimum Gasteiger partial charge on any atom is -0.319 e. The van der Waals surface area contributed by atoms with Gasteiger partial charge in [-0.2, -0.15) is 0 Å². The second-order valence-corrected chi connectivity index (χ2v) is 6.59. The van der Waals surface area contributed by atoms with Crippen LogP contribution in [-0.4, -0.2) is 16.8 Å². The lowest BCUT2D eigenvalue weighted by Crippen LogP contribution is -2.41. The lowest BCUT2D eigenvalue weighted by molar-refractivity contribution is -0.131. The van der Waals surface area contributed by atoms with Gasteiger partial charge in [0, 0.05) is 21.2 Å². The first-order valence-corrected chi connectivity index (χ1v) is 8.02. The molecule has 8 heteroatoms. The standard InChI is InChI=1S/C17H12Cl2F2N2O2/c1-17(11-7-9(20)5-6-14(11)21)15(24)23(16(25)22-17)8-10-12(18)3-2-4-13(10)19/h2-7H,8H2,1H3,(H,22,25)/t17-/m1/s1. The average molecular weight is 385 g/mol. The predicted octanol–water partition coefficient (Wildman–Crippen LogP) is 4.24. The SMILES string of the molecule is C[C@]1(c2cc(F)ccc2F)NC(=O)N(Cc2c(Cl)cccc2Cl)C1=O. The lowest BCUT2D eigenvalue weighted by atomic mass is 9.91. The van der Waals surface area contributed by atoms with Crippen LogP contribution < -0.4 is 5.32 Å². The van der Waals surface area contributed by atoms with Gasteiger partial charge in [-0.1, -0.05) is 29.3 Å². The quantitative estimate of drug-likeness (QED) is 0.804. The van der Waals surface area contributed by atoms with E-state index in [0.29, 0.717) is 15.6 Å². The van der Waals surface area contributed by atoms with Crippen molar-refractivity contribution in [3.63, 3.8) is 0 Å². The molecule has 0 saturated carbocycles. The Labute approximate surface area is 152 Å². The molecule has 1 N–H and O–H groups in total. The van der Waals surface area contributed by atoms with Crippen LogP contribution in [0.3, 0.4) is 0 Å². The summed E-state index contributed by atoms with van der Waals surface area (Å²) in [6.45, 7) is 1.13. The van der Waals surface area contributed by atoms with Crippen LogP contribution in [0, 0.1) is 11.6 Å². The van der Waals surface area contributed by atoms with E-state index in [4.69, 9.17) is 23.2 Å². The van der Waals surface area contributed by atoms with Crippen LogP contribution in [0.5, 0.6) is 0 Å². The maximum absolute atomic E-state index is 14.1. The predicted molar refractivity (Wildman–Crippen MR) is 89.3 cm³/mol. The fourth-order valence-electron chi connectivity index (χ4n) is 2.75. The highest BCUT2D eigenvalue weighted by Gasteiger charge is 2.50. The Balaban J connectivity index is 1.99. The minimum atomic E-state index is -1.73. The Kier molecular flexibility index (Phi) is 4.43. The van der Waals surface area contributed by atoms with Crippen molar-refractivity contribution in [1.82, 2.24) is 10.2 Å². The normalized spacial score (nSPS) is 20.1. The van der Waals surface area contributed by atoms with Crippen molar-refractivity contribution in [2.24, 2.45) is 0 Å². The molecule has 2 aromatic carbocycles. The summed E-state index contributed by atoms with van der Waals surface area (Å²) in [6, 6.07) is 6.77. The number of imide groups is 1. The third-order valence-electron chi connectivity index (χ3n) is 4.12. The van der Waals surface area contributed by atoms with E-state index in [1.54, 1.807) is 18.2 Å². The van der Waals surface area contributed by atoms with Crippen molar-refractivity contribution in [3.8, 4) is 0 Å². The van der Waals surface area contributed by atoms with E-state index in [9.17, 15) is 18.4 Å². The molecule has 1 heterocycles. The summed E-state index contributed by atoms with van der Waals surface area (Å²) in [4.78, 5) is 26.0. The van der Waals surface area contributed by atoms with Gasteiger partial charge in [0.05, 0.1) is 6.54 Å². The topological polar surface area (TPSA) is 49.4 Å². The van der Waals surface area contributed by atoms with Gasteiger partial charge in [0.15, 0.2) is 0 Å². The molecule has 0 bridgehead atoms. The molecule has 130 valence electrons. The van der Waals surface area contributed by atoms with Crippen LogP contribution in [0.25, 0.3) is 0 Å². The van der Waals surface area contributed by atoms with Crippen LogP contribution in [0.2, 0.25) is 10.0 Å². The molecule has 1 aliphatic rings. The highest BCUT2D eigenvalue weighted by molar-refractivity contribution is 6.36. The number of carbonyl (C=O) groups excluding carboxylic acids is 2. The molecular weight excluding hydrogens is 373 g/mol. The van der Waals surface area contributed by atoms with E-state index in [1.807, 2.05) is 0 Å². The molecule has 4 nitrogen and oxygen atoms in total.